The summed E-state index contributed by atoms with van der Waals surface area (Å²) in [4.78, 5) is 10.8. The zero-order chi connectivity index (χ0) is 19.6. The molecule has 0 saturated heterocycles. The van der Waals surface area contributed by atoms with E-state index in [0.29, 0.717) is 6.54 Å². The summed E-state index contributed by atoms with van der Waals surface area (Å²) in [5, 5.41) is 6.62. The largest absolute Gasteiger partial charge is 0.435 e. The van der Waals surface area contributed by atoms with Gasteiger partial charge in [0.2, 0.25) is 0 Å². The van der Waals surface area contributed by atoms with Crippen LogP contribution in [0.25, 0.3) is 0 Å². The van der Waals surface area contributed by atoms with Crippen molar-refractivity contribution < 1.29 is 13.5 Å². The minimum atomic E-state index is -2.80. The van der Waals surface area contributed by atoms with Crippen LogP contribution in [-0.4, -0.2) is 43.1 Å². The predicted molar refractivity (Wildman–Crippen MR) is 121 cm³/mol. The summed E-state index contributed by atoms with van der Waals surface area (Å²) in [7, 11) is 3.69. The highest BCUT2D eigenvalue weighted by Gasteiger charge is 2.08. The van der Waals surface area contributed by atoms with Gasteiger partial charge in [-0.2, -0.15) is 8.78 Å². The number of halogens is 3. The summed E-state index contributed by atoms with van der Waals surface area (Å²) >= 11 is 1.71. The molecule has 0 atom stereocenters. The van der Waals surface area contributed by atoms with Crippen LogP contribution < -0.4 is 10.1 Å². The SMILES string of the molecule is CN=C(NCCCCc1nc(C)cs1)N(C)Cc1ccc(OC(F)F)cc1.I. The molecular weight excluding hydrogens is 497 g/mol. The van der Waals surface area contributed by atoms with E-state index in [4.69, 9.17) is 0 Å². The predicted octanol–water partition coefficient (Wildman–Crippen LogP) is 4.70. The number of nitrogens with zero attached hydrogens (tertiary/aromatic N) is 3. The highest BCUT2D eigenvalue weighted by atomic mass is 127. The van der Waals surface area contributed by atoms with Crippen molar-refractivity contribution in [2.75, 3.05) is 20.6 Å². The molecule has 0 aliphatic rings. The number of benzene rings is 1. The number of ether oxygens (including phenoxy) is 1. The Bertz CT molecular complexity index is 725. The number of aliphatic imine (C=N–C) groups is 1. The molecule has 0 aliphatic carbocycles. The molecule has 1 aromatic heterocycles. The molecule has 2 rings (SSSR count). The molecule has 0 fully saturated rings. The number of aryl methyl sites for hydroxylation is 2. The Morgan fingerprint density at radius 1 is 1.29 bits per heavy atom. The van der Waals surface area contributed by atoms with Gasteiger partial charge in [0, 0.05) is 38.3 Å². The van der Waals surface area contributed by atoms with Gasteiger partial charge in [0.1, 0.15) is 5.75 Å². The Morgan fingerprint density at radius 2 is 2.00 bits per heavy atom. The van der Waals surface area contributed by atoms with Crippen LogP contribution in [0, 0.1) is 6.92 Å². The molecule has 1 aromatic carbocycles. The summed E-state index contributed by atoms with van der Waals surface area (Å²) in [6.45, 7) is 0.664. The van der Waals surface area contributed by atoms with Crippen LogP contribution in [0.5, 0.6) is 5.75 Å². The molecule has 0 aliphatic heterocycles. The Labute approximate surface area is 186 Å². The van der Waals surface area contributed by atoms with Gasteiger partial charge in [-0.3, -0.25) is 4.99 Å². The first-order valence-electron chi connectivity index (χ1n) is 8.84. The fraction of sp³-hybridized carbons (Fsp3) is 0.474. The van der Waals surface area contributed by atoms with Crippen LogP contribution in [0.3, 0.4) is 0 Å². The second kappa shape index (κ2) is 12.9. The quantitative estimate of drug-likeness (QED) is 0.224. The van der Waals surface area contributed by atoms with E-state index in [2.05, 4.69) is 25.4 Å². The maximum absolute atomic E-state index is 12.2. The number of unbranched alkanes of at least 4 members (excludes halogenated alkanes) is 1. The van der Waals surface area contributed by atoms with Crippen molar-refractivity contribution in [1.82, 2.24) is 15.2 Å². The van der Waals surface area contributed by atoms with Crippen molar-refractivity contribution >= 4 is 41.3 Å². The van der Waals surface area contributed by atoms with Crippen LogP contribution in [0.4, 0.5) is 8.78 Å². The topological polar surface area (TPSA) is 49.8 Å². The van der Waals surface area contributed by atoms with Gasteiger partial charge >= 0.3 is 6.61 Å². The summed E-state index contributed by atoms with van der Waals surface area (Å²) < 4.78 is 28.8. The second-order valence-corrected chi connectivity index (χ2v) is 7.13. The number of alkyl halides is 2. The Hall–Kier alpha value is -1.49. The van der Waals surface area contributed by atoms with Gasteiger partial charge in [0.05, 0.1) is 5.01 Å². The smallest absolute Gasteiger partial charge is 0.387 e. The number of aromatic nitrogens is 1. The minimum absolute atomic E-state index is 0. The highest BCUT2D eigenvalue weighted by Crippen LogP contribution is 2.16. The van der Waals surface area contributed by atoms with E-state index in [-0.39, 0.29) is 29.7 Å². The van der Waals surface area contributed by atoms with Gasteiger partial charge in [-0.15, -0.1) is 35.3 Å². The van der Waals surface area contributed by atoms with Crippen LogP contribution >= 0.6 is 35.3 Å². The average molecular weight is 524 g/mol. The molecule has 2 aromatic rings. The van der Waals surface area contributed by atoms with Crippen molar-refractivity contribution in [3.8, 4) is 5.75 Å². The van der Waals surface area contributed by atoms with E-state index < -0.39 is 6.61 Å². The lowest BCUT2D eigenvalue weighted by atomic mass is 10.2. The molecule has 5 nitrogen and oxygen atoms in total. The third-order valence-corrected chi connectivity index (χ3v) is 4.94. The lowest BCUT2D eigenvalue weighted by Crippen LogP contribution is -2.38. The fourth-order valence-electron chi connectivity index (χ4n) is 2.63. The van der Waals surface area contributed by atoms with E-state index in [1.165, 1.54) is 5.01 Å². The molecular formula is C19H27F2IN4OS. The molecule has 0 radical (unpaired) electrons. The van der Waals surface area contributed by atoms with Crippen LogP contribution in [0.1, 0.15) is 29.1 Å². The molecule has 0 amide bonds. The number of thiazole rings is 1. The molecule has 9 heteroatoms. The third-order valence-electron chi connectivity index (χ3n) is 3.91. The molecule has 1 heterocycles. The van der Waals surface area contributed by atoms with Gasteiger partial charge < -0.3 is 15.0 Å². The maximum atomic E-state index is 12.2. The lowest BCUT2D eigenvalue weighted by molar-refractivity contribution is -0.0498. The zero-order valence-electron chi connectivity index (χ0n) is 16.3. The Balaban J connectivity index is 0.00000392. The number of hydrogen-bond acceptors (Lipinski definition) is 4. The van der Waals surface area contributed by atoms with Crippen LogP contribution in [0.15, 0.2) is 34.6 Å². The van der Waals surface area contributed by atoms with Gasteiger partial charge in [-0.05, 0) is 43.9 Å². The van der Waals surface area contributed by atoms with Gasteiger partial charge in [0.15, 0.2) is 5.96 Å². The third kappa shape index (κ3) is 8.68. The number of hydrogen-bond donors (Lipinski definition) is 1. The Morgan fingerprint density at radius 3 is 2.57 bits per heavy atom. The van der Waals surface area contributed by atoms with E-state index in [1.807, 2.05) is 18.9 Å². The molecule has 0 saturated carbocycles. The van der Waals surface area contributed by atoms with Crippen molar-refractivity contribution in [2.24, 2.45) is 4.99 Å². The first-order valence-corrected chi connectivity index (χ1v) is 9.72. The standard InChI is InChI=1S/C19H26F2N4OS.HI/c1-14-13-27-17(24-14)6-4-5-11-23-19(22-2)25(3)12-15-7-9-16(10-8-15)26-18(20)21;/h7-10,13,18H,4-6,11-12H2,1-3H3,(H,22,23);1H. The average Bonchev–Trinajstić information content (AvgIpc) is 3.04. The van der Waals surface area contributed by atoms with E-state index in [9.17, 15) is 8.78 Å². The van der Waals surface area contributed by atoms with Crippen molar-refractivity contribution in [3.05, 3.63) is 45.9 Å². The van der Waals surface area contributed by atoms with E-state index in [1.54, 1.807) is 42.6 Å². The van der Waals surface area contributed by atoms with Gasteiger partial charge in [-0.1, -0.05) is 12.1 Å². The molecule has 1 N–H and O–H groups in total. The summed E-state index contributed by atoms with van der Waals surface area (Å²) in [6, 6.07) is 6.65. The molecule has 0 unspecified atom stereocenters. The first-order chi connectivity index (χ1) is 13.0. The normalized spacial score (nSPS) is 11.3. The van der Waals surface area contributed by atoms with Gasteiger partial charge in [-0.25, -0.2) is 4.98 Å². The van der Waals surface area contributed by atoms with Crippen molar-refractivity contribution in [3.63, 3.8) is 0 Å². The molecule has 156 valence electrons. The summed E-state index contributed by atoms with van der Waals surface area (Å²) in [6.07, 6.45) is 3.11. The fourth-order valence-corrected chi connectivity index (χ4v) is 3.45. The van der Waals surface area contributed by atoms with Crippen LogP contribution in [0.2, 0.25) is 0 Å². The summed E-state index contributed by atoms with van der Waals surface area (Å²) in [5.74, 6) is 0.960. The maximum Gasteiger partial charge on any atom is 0.387 e. The number of nitrogens with one attached hydrogen (secondary N) is 1. The highest BCUT2D eigenvalue weighted by molar-refractivity contribution is 14.0. The minimum Gasteiger partial charge on any atom is -0.435 e. The molecule has 0 spiro atoms. The number of guanidine groups is 1. The van der Waals surface area contributed by atoms with Crippen LogP contribution in [-0.2, 0) is 13.0 Å². The van der Waals surface area contributed by atoms with E-state index >= 15 is 0 Å². The van der Waals surface area contributed by atoms with E-state index in [0.717, 1.165) is 43.0 Å². The van der Waals surface area contributed by atoms with Gasteiger partial charge in [0.25, 0.3) is 0 Å². The molecule has 28 heavy (non-hydrogen) atoms. The lowest BCUT2D eigenvalue weighted by Gasteiger charge is -2.22. The first kappa shape index (κ1) is 24.5. The number of rotatable bonds is 9. The summed E-state index contributed by atoms with van der Waals surface area (Å²) in [5.41, 5.74) is 2.07. The Kier molecular flexibility index (Phi) is 11.3. The van der Waals surface area contributed by atoms with Crippen molar-refractivity contribution in [2.45, 2.75) is 39.3 Å². The van der Waals surface area contributed by atoms with Crippen molar-refractivity contribution in [1.29, 1.82) is 0 Å². The monoisotopic (exact) mass is 524 g/mol. The zero-order valence-corrected chi connectivity index (χ0v) is 19.5. The second-order valence-electron chi connectivity index (χ2n) is 6.19. The molecule has 0 bridgehead atoms.